The van der Waals surface area contributed by atoms with Crippen molar-refractivity contribution in [1.29, 1.82) is 0 Å². The van der Waals surface area contributed by atoms with Gasteiger partial charge in [-0.25, -0.2) is 8.42 Å². The number of rotatable bonds is 14. The first-order valence-corrected chi connectivity index (χ1v) is 15.5. The van der Waals surface area contributed by atoms with Crippen LogP contribution in [0.4, 0.5) is 26.3 Å². The predicted octanol–water partition coefficient (Wildman–Crippen LogP) is 7.95. The Morgan fingerprint density at radius 3 is 2.12 bits per heavy atom. The molecule has 1 saturated carbocycles. The summed E-state index contributed by atoms with van der Waals surface area (Å²) in [7, 11) is -4.69. The number of carbonyl (C=O) groups is 1. The normalized spacial score (nSPS) is 19.7. The van der Waals surface area contributed by atoms with Crippen molar-refractivity contribution in [2.45, 2.75) is 99.7 Å². The van der Waals surface area contributed by atoms with Gasteiger partial charge in [0.1, 0.15) is 5.69 Å². The third kappa shape index (κ3) is 8.68. The molecule has 42 heavy (non-hydrogen) atoms. The highest BCUT2D eigenvalue weighted by Gasteiger charge is 2.48. The van der Waals surface area contributed by atoms with Crippen LogP contribution in [0.2, 0.25) is 0 Å². The number of aliphatic carboxylic acids is 1. The van der Waals surface area contributed by atoms with Crippen LogP contribution in [0.1, 0.15) is 82.4 Å². The van der Waals surface area contributed by atoms with Crippen LogP contribution in [0.5, 0.6) is 0 Å². The Balaban J connectivity index is 1.77. The lowest BCUT2D eigenvalue weighted by Crippen LogP contribution is -2.25. The van der Waals surface area contributed by atoms with Gasteiger partial charge < -0.3 is 9.84 Å². The Labute approximate surface area is 241 Å². The molecule has 1 N–H and O–H groups in total. The van der Waals surface area contributed by atoms with Crippen molar-refractivity contribution in [3.8, 4) is 11.1 Å². The lowest BCUT2D eigenvalue weighted by Gasteiger charge is -2.19. The zero-order chi connectivity index (χ0) is 31.1. The fraction of sp³-hybridized carbons (Fsp3) is 0.586. The monoisotopic (exact) mass is 623 g/mol. The van der Waals surface area contributed by atoms with E-state index in [9.17, 15) is 44.7 Å². The third-order valence-corrected chi connectivity index (χ3v) is 9.75. The van der Waals surface area contributed by atoms with Crippen LogP contribution in [0.25, 0.3) is 11.1 Å². The van der Waals surface area contributed by atoms with E-state index in [1.165, 1.54) is 12.8 Å². The van der Waals surface area contributed by atoms with Gasteiger partial charge in [-0.15, -0.1) is 0 Å². The molecule has 1 aliphatic carbocycles. The minimum atomic E-state index is -5.16. The van der Waals surface area contributed by atoms with E-state index < -0.39 is 68.0 Å². The van der Waals surface area contributed by atoms with Crippen molar-refractivity contribution in [2.75, 3.05) is 6.61 Å². The van der Waals surface area contributed by atoms with Gasteiger partial charge in [-0.05, 0) is 54.7 Å². The van der Waals surface area contributed by atoms with Crippen LogP contribution in [-0.4, -0.2) is 42.4 Å². The smallest absolute Gasteiger partial charge is 0.433 e. The molecular weight excluding hydrogens is 588 g/mol. The molecule has 0 radical (unpaired) electrons. The summed E-state index contributed by atoms with van der Waals surface area (Å²) >= 11 is 0. The van der Waals surface area contributed by atoms with Crippen molar-refractivity contribution in [3.05, 3.63) is 47.8 Å². The minimum Gasteiger partial charge on any atom is -0.481 e. The highest BCUT2D eigenvalue weighted by Crippen LogP contribution is 2.42. The summed E-state index contributed by atoms with van der Waals surface area (Å²) in [4.78, 5) is 14.0. The number of ether oxygens (including phenoxy) is 1. The third-order valence-electron chi connectivity index (χ3n) is 7.52. The molecule has 0 bridgehead atoms. The number of carboxylic acids is 1. The van der Waals surface area contributed by atoms with E-state index in [0.29, 0.717) is 24.6 Å². The highest BCUT2D eigenvalue weighted by atomic mass is 32.2. The van der Waals surface area contributed by atoms with E-state index in [2.05, 4.69) is 11.9 Å². The average molecular weight is 624 g/mol. The fourth-order valence-electron chi connectivity index (χ4n) is 5.25. The van der Waals surface area contributed by atoms with Gasteiger partial charge in [0.05, 0.1) is 27.7 Å². The number of unbranched alkanes of at least 4 members (excludes halogenated alkanes) is 7. The SMILES string of the molecule is CCCCCCCCCCO[C@@H]1C[C@H](S(=O)(=O)c2ccc(-c3ccnc(C(F)(F)F)c3)cc2C(F)(F)F)C[C@H]1C(=O)O. The molecule has 13 heteroatoms. The largest absolute Gasteiger partial charge is 0.481 e. The van der Waals surface area contributed by atoms with Gasteiger partial charge in [-0.3, -0.25) is 9.78 Å². The number of hydrogen-bond acceptors (Lipinski definition) is 5. The topological polar surface area (TPSA) is 93.6 Å². The highest BCUT2D eigenvalue weighted by molar-refractivity contribution is 7.92. The maximum Gasteiger partial charge on any atom is 0.433 e. The van der Waals surface area contributed by atoms with E-state index in [4.69, 9.17) is 4.74 Å². The lowest BCUT2D eigenvalue weighted by atomic mass is 10.0. The number of carboxylic acid groups (broad SMARTS) is 1. The number of alkyl halides is 6. The van der Waals surface area contributed by atoms with E-state index in [1.54, 1.807) is 0 Å². The van der Waals surface area contributed by atoms with Crippen LogP contribution >= 0.6 is 0 Å². The Morgan fingerprint density at radius 2 is 1.52 bits per heavy atom. The van der Waals surface area contributed by atoms with Gasteiger partial charge in [-0.1, -0.05) is 57.9 Å². The molecule has 0 unspecified atom stereocenters. The first-order chi connectivity index (χ1) is 19.7. The predicted molar refractivity (Wildman–Crippen MR) is 143 cm³/mol. The molecule has 0 amide bonds. The average Bonchev–Trinajstić information content (AvgIpc) is 3.36. The summed E-state index contributed by atoms with van der Waals surface area (Å²) < 4.78 is 114. The number of halogens is 6. The van der Waals surface area contributed by atoms with Crippen molar-refractivity contribution < 1.29 is 49.4 Å². The molecule has 0 saturated heterocycles. The van der Waals surface area contributed by atoms with E-state index in [1.807, 2.05) is 0 Å². The van der Waals surface area contributed by atoms with Gasteiger partial charge in [0.25, 0.3) is 0 Å². The van der Waals surface area contributed by atoms with Gasteiger partial charge in [0, 0.05) is 12.8 Å². The molecule has 3 rings (SSSR count). The summed E-state index contributed by atoms with van der Waals surface area (Å²) in [6.07, 6.45) is -2.64. The maximum atomic E-state index is 14.1. The maximum absolute atomic E-state index is 14.1. The van der Waals surface area contributed by atoms with Crippen molar-refractivity contribution >= 4 is 15.8 Å². The van der Waals surface area contributed by atoms with Crippen LogP contribution in [-0.2, 0) is 31.7 Å². The molecule has 1 aromatic heterocycles. The van der Waals surface area contributed by atoms with Crippen LogP contribution in [0, 0.1) is 5.92 Å². The standard InChI is InChI=1S/C29H35F6NO5S/c1-2-3-4-5-6-7-8-9-14-41-24-18-21(17-22(24)27(37)38)42(39,40)25-11-10-19(15-23(25)28(30,31)32)20-12-13-36-26(16-20)29(33,34)35/h10-13,15-16,21-22,24H,2-9,14,17-18H2,1H3,(H,37,38)/t21-,22-,24-/m1/s1. The quantitative estimate of drug-likeness (QED) is 0.170. The number of sulfone groups is 1. The van der Waals surface area contributed by atoms with Crippen molar-refractivity contribution in [2.24, 2.45) is 5.92 Å². The van der Waals surface area contributed by atoms with E-state index >= 15 is 0 Å². The number of pyridine rings is 1. The second-order valence-electron chi connectivity index (χ2n) is 10.6. The fourth-order valence-corrected chi connectivity index (χ4v) is 7.25. The molecule has 1 aromatic carbocycles. The zero-order valence-corrected chi connectivity index (χ0v) is 24.0. The molecular formula is C29H35F6NO5S. The first kappa shape index (κ1) is 33.8. The van der Waals surface area contributed by atoms with Gasteiger partial charge in [-0.2, -0.15) is 26.3 Å². The number of aromatic nitrogens is 1. The molecule has 0 aliphatic heterocycles. The molecule has 6 nitrogen and oxygen atoms in total. The molecule has 1 aliphatic rings. The molecule has 2 aromatic rings. The van der Waals surface area contributed by atoms with Crippen LogP contribution in [0.3, 0.4) is 0 Å². The second kappa shape index (κ2) is 14.2. The first-order valence-electron chi connectivity index (χ1n) is 14.0. The molecule has 1 fully saturated rings. The van der Waals surface area contributed by atoms with Gasteiger partial charge >= 0.3 is 18.3 Å². The summed E-state index contributed by atoms with van der Waals surface area (Å²) in [5.41, 5.74) is -3.36. The zero-order valence-electron chi connectivity index (χ0n) is 23.2. The van der Waals surface area contributed by atoms with Crippen molar-refractivity contribution in [1.82, 2.24) is 4.98 Å². The Bertz CT molecular complexity index is 1310. The summed E-state index contributed by atoms with van der Waals surface area (Å²) in [6, 6.07) is 3.86. The van der Waals surface area contributed by atoms with Gasteiger partial charge in [0.2, 0.25) is 0 Å². The van der Waals surface area contributed by atoms with Crippen molar-refractivity contribution in [3.63, 3.8) is 0 Å². The lowest BCUT2D eigenvalue weighted by molar-refractivity contribution is -0.146. The summed E-state index contributed by atoms with van der Waals surface area (Å²) in [5, 5.41) is 8.23. The molecule has 234 valence electrons. The summed E-state index contributed by atoms with van der Waals surface area (Å²) in [6.45, 7) is 2.35. The Hall–Kier alpha value is -2.67. The van der Waals surface area contributed by atoms with Gasteiger partial charge in [0.15, 0.2) is 9.84 Å². The summed E-state index contributed by atoms with van der Waals surface area (Å²) in [5.74, 6) is -2.50. The van der Waals surface area contributed by atoms with E-state index in [0.717, 1.165) is 50.4 Å². The molecule has 0 spiro atoms. The molecule has 3 atom stereocenters. The second-order valence-corrected chi connectivity index (χ2v) is 12.8. The molecule has 1 heterocycles. The Kier molecular flexibility index (Phi) is 11.4. The number of nitrogens with zero attached hydrogens (tertiary/aromatic N) is 1. The number of benzene rings is 1. The van der Waals surface area contributed by atoms with Crippen LogP contribution < -0.4 is 0 Å². The Morgan fingerprint density at radius 1 is 0.905 bits per heavy atom. The minimum absolute atomic E-state index is 0.213. The van der Waals surface area contributed by atoms with E-state index in [-0.39, 0.29) is 24.2 Å². The number of hydrogen-bond donors (Lipinski definition) is 1. The van der Waals surface area contributed by atoms with Crippen LogP contribution in [0.15, 0.2) is 41.4 Å².